The average molecular weight is 305 g/mol. The van der Waals surface area contributed by atoms with Gasteiger partial charge in [-0.2, -0.15) is 0 Å². The van der Waals surface area contributed by atoms with Crippen LogP contribution >= 0.6 is 11.6 Å². The van der Waals surface area contributed by atoms with Crippen LogP contribution in [-0.2, 0) is 12.8 Å². The minimum atomic E-state index is 0.136. The van der Waals surface area contributed by atoms with Crippen LogP contribution in [0.15, 0.2) is 36.5 Å². The number of aromatic nitrogens is 1. The average Bonchev–Trinajstić information content (AvgIpc) is 2.53. The molecule has 21 heavy (non-hydrogen) atoms. The predicted molar refractivity (Wildman–Crippen MR) is 87.1 cm³/mol. The number of rotatable bonds is 6. The van der Waals surface area contributed by atoms with Crippen LogP contribution in [0, 0.1) is 0 Å². The van der Waals surface area contributed by atoms with E-state index in [1.165, 1.54) is 5.56 Å². The largest absolute Gasteiger partial charge is 0.496 e. The van der Waals surface area contributed by atoms with E-state index >= 15 is 0 Å². The van der Waals surface area contributed by atoms with Crippen LogP contribution in [0.1, 0.15) is 29.8 Å². The Bertz CT molecular complexity index is 584. The number of hydrogen-bond acceptors (Lipinski definition) is 3. The lowest BCUT2D eigenvalue weighted by Crippen LogP contribution is -2.20. The summed E-state index contributed by atoms with van der Waals surface area (Å²) in [5.74, 6) is 0.798. The van der Waals surface area contributed by atoms with Crippen molar-refractivity contribution >= 4 is 11.6 Å². The van der Waals surface area contributed by atoms with Gasteiger partial charge in [-0.25, -0.2) is 0 Å². The summed E-state index contributed by atoms with van der Waals surface area (Å²) in [5.41, 5.74) is 3.40. The highest BCUT2D eigenvalue weighted by atomic mass is 35.5. The highest BCUT2D eigenvalue weighted by Crippen LogP contribution is 2.29. The lowest BCUT2D eigenvalue weighted by molar-refractivity contribution is 0.401. The van der Waals surface area contributed by atoms with E-state index in [4.69, 9.17) is 16.3 Å². The zero-order chi connectivity index (χ0) is 15.2. The summed E-state index contributed by atoms with van der Waals surface area (Å²) in [6, 6.07) is 10.1. The van der Waals surface area contributed by atoms with E-state index in [0.717, 1.165) is 29.8 Å². The molecular formula is C17H21ClN2O. The minimum Gasteiger partial charge on any atom is -0.496 e. The van der Waals surface area contributed by atoms with Crippen LogP contribution in [0.3, 0.4) is 0 Å². The Morgan fingerprint density at radius 3 is 2.67 bits per heavy atom. The fourth-order valence-corrected chi connectivity index (χ4v) is 2.50. The maximum Gasteiger partial charge on any atom is 0.125 e. The lowest BCUT2D eigenvalue weighted by atomic mass is 10.0. The smallest absolute Gasteiger partial charge is 0.125 e. The van der Waals surface area contributed by atoms with Gasteiger partial charge in [0, 0.05) is 34.9 Å². The van der Waals surface area contributed by atoms with Gasteiger partial charge in [-0.15, -0.1) is 0 Å². The van der Waals surface area contributed by atoms with Crippen molar-refractivity contribution in [1.29, 1.82) is 0 Å². The molecule has 3 nitrogen and oxygen atoms in total. The van der Waals surface area contributed by atoms with E-state index in [-0.39, 0.29) is 6.04 Å². The van der Waals surface area contributed by atoms with Crippen LogP contribution in [0.5, 0.6) is 5.75 Å². The number of aryl methyl sites for hydroxylation is 1. The standard InChI is InChI=1S/C17H21ClN2O/c1-4-12-5-7-14(20-11-12)10-16(19-2)15-8-6-13(18)9-17(15)21-3/h5-9,11,16,19H,4,10H2,1-3H3. The van der Waals surface area contributed by atoms with Gasteiger partial charge in [0.1, 0.15) is 5.75 Å². The number of benzene rings is 1. The van der Waals surface area contributed by atoms with Crippen LogP contribution in [0.2, 0.25) is 5.02 Å². The van der Waals surface area contributed by atoms with Gasteiger partial charge in [0.15, 0.2) is 0 Å². The summed E-state index contributed by atoms with van der Waals surface area (Å²) >= 11 is 6.02. The van der Waals surface area contributed by atoms with E-state index in [2.05, 4.69) is 29.4 Å². The van der Waals surface area contributed by atoms with Crippen LogP contribution in [0.25, 0.3) is 0 Å². The van der Waals surface area contributed by atoms with E-state index < -0.39 is 0 Å². The number of halogens is 1. The summed E-state index contributed by atoms with van der Waals surface area (Å²) < 4.78 is 5.44. The zero-order valence-corrected chi connectivity index (χ0v) is 13.4. The Morgan fingerprint density at radius 2 is 2.10 bits per heavy atom. The van der Waals surface area contributed by atoms with Crippen LogP contribution in [-0.4, -0.2) is 19.1 Å². The number of nitrogens with one attached hydrogen (secondary N) is 1. The van der Waals surface area contributed by atoms with Crippen molar-refractivity contribution in [1.82, 2.24) is 10.3 Å². The van der Waals surface area contributed by atoms with Gasteiger partial charge in [0.25, 0.3) is 0 Å². The second-order valence-corrected chi connectivity index (χ2v) is 5.38. The number of likely N-dealkylation sites (N-methyl/N-ethyl adjacent to an activating group) is 1. The van der Waals surface area contributed by atoms with Gasteiger partial charge in [0.2, 0.25) is 0 Å². The third-order valence-corrected chi connectivity index (χ3v) is 3.86. The van der Waals surface area contributed by atoms with Gasteiger partial charge < -0.3 is 10.1 Å². The van der Waals surface area contributed by atoms with Crippen molar-refractivity contribution in [3.63, 3.8) is 0 Å². The van der Waals surface area contributed by atoms with Gasteiger partial charge in [0.05, 0.1) is 7.11 Å². The molecule has 0 aliphatic carbocycles. The molecule has 2 aromatic rings. The van der Waals surface area contributed by atoms with Gasteiger partial charge in [-0.05, 0) is 37.2 Å². The molecule has 0 aliphatic rings. The molecule has 1 aromatic carbocycles. The first-order valence-corrected chi connectivity index (χ1v) is 7.50. The fourth-order valence-electron chi connectivity index (χ4n) is 2.33. The van der Waals surface area contributed by atoms with Crippen molar-refractivity contribution in [3.05, 3.63) is 58.4 Å². The van der Waals surface area contributed by atoms with Crippen molar-refractivity contribution < 1.29 is 4.74 Å². The highest BCUT2D eigenvalue weighted by molar-refractivity contribution is 6.30. The van der Waals surface area contributed by atoms with E-state index in [1.807, 2.05) is 31.4 Å². The summed E-state index contributed by atoms with van der Waals surface area (Å²) in [6.45, 7) is 2.13. The first-order chi connectivity index (χ1) is 10.2. The van der Waals surface area contributed by atoms with Crippen molar-refractivity contribution in [2.75, 3.05) is 14.2 Å². The SMILES string of the molecule is CCc1ccc(CC(NC)c2ccc(Cl)cc2OC)nc1. The van der Waals surface area contributed by atoms with E-state index in [1.54, 1.807) is 7.11 Å². The number of hydrogen-bond donors (Lipinski definition) is 1. The van der Waals surface area contributed by atoms with Crippen molar-refractivity contribution in [2.45, 2.75) is 25.8 Å². The van der Waals surface area contributed by atoms with Crippen molar-refractivity contribution in [2.24, 2.45) is 0 Å². The zero-order valence-electron chi connectivity index (χ0n) is 12.7. The molecule has 0 saturated heterocycles. The molecule has 0 aliphatic heterocycles. The molecule has 0 spiro atoms. The Hall–Kier alpha value is -1.58. The summed E-state index contributed by atoms with van der Waals surface area (Å²) in [6.07, 6.45) is 3.76. The Labute approximate surface area is 131 Å². The first kappa shape index (κ1) is 15.8. The molecule has 1 N–H and O–H groups in total. The molecule has 0 bridgehead atoms. The Balaban J connectivity index is 2.22. The molecule has 1 aromatic heterocycles. The van der Waals surface area contributed by atoms with Gasteiger partial charge >= 0.3 is 0 Å². The minimum absolute atomic E-state index is 0.136. The number of nitrogens with zero attached hydrogens (tertiary/aromatic N) is 1. The first-order valence-electron chi connectivity index (χ1n) is 7.12. The molecule has 112 valence electrons. The summed E-state index contributed by atoms with van der Waals surface area (Å²) in [5, 5.41) is 4.00. The van der Waals surface area contributed by atoms with Crippen LogP contribution in [0.4, 0.5) is 0 Å². The molecule has 0 fully saturated rings. The second kappa shape index (κ2) is 7.43. The quantitative estimate of drug-likeness (QED) is 0.881. The number of ether oxygens (including phenoxy) is 1. The summed E-state index contributed by atoms with van der Waals surface area (Å²) in [7, 11) is 3.61. The lowest BCUT2D eigenvalue weighted by Gasteiger charge is -2.19. The molecular weight excluding hydrogens is 284 g/mol. The van der Waals surface area contributed by atoms with Gasteiger partial charge in [-0.1, -0.05) is 30.7 Å². The van der Waals surface area contributed by atoms with Gasteiger partial charge in [-0.3, -0.25) is 4.98 Å². The molecule has 0 radical (unpaired) electrons. The highest BCUT2D eigenvalue weighted by Gasteiger charge is 2.16. The molecule has 0 amide bonds. The van der Waals surface area contributed by atoms with E-state index in [0.29, 0.717) is 5.02 Å². The predicted octanol–water partition coefficient (Wildman–Crippen LogP) is 3.81. The second-order valence-electron chi connectivity index (χ2n) is 4.94. The Morgan fingerprint density at radius 1 is 1.29 bits per heavy atom. The number of pyridine rings is 1. The summed E-state index contributed by atoms with van der Waals surface area (Å²) in [4.78, 5) is 4.53. The fraction of sp³-hybridized carbons (Fsp3) is 0.353. The normalized spacial score (nSPS) is 12.2. The molecule has 1 unspecified atom stereocenters. The maximum absolute atomic E-state index is 6.02. The molecule has 4 heteroatoms. The molecule has 1 atom stereocenters. The monoisotopic (exact) mass is 304 g/mol. The Kier molecular flexibility index (Phi) is 5.59. The van der Waals surface area contributed by atoms with Crippen molar-refractivity contribution in [3.8, 4) is 5.75 Å². The number of methoxy groups -OCH3 is 1. The molecule has 1 heterocycles. The van der Waals surface area contributed by atoms with Crippen LogP contribution < -0.4 is 10.1 Å². The third-order valence-electron chi connectivity index (χ3n) is 3.63. The van der Waals surface area contributed by atoms with E-state index in [9.17, 15) is 0 Å². The maximum atomic E-state index is 6.02. The third kappa shape index (κ3) is 3.96. The topological polar surface area (TPSA) is 34.1 Å². The molecule has 0 saturated carbocycles. The molecule has 2 rings (SSSR count).